The highest BCUT2D eigenvalue weighted by Gasteiger charge is 2.39. The highest BCUT2D eigenvalue weighted by molar-refractivity contribution is 7.21. The van der Waals surface area contributed by atoms with Crippen LogP contribution in [-0.2, 0) is 4.84 Å². The van der Waals surface area contributed by atoms with E-state index in [4.69, 9.17) is 4.84 Å². The van der Waals surface area contributed by atoms with Crippen molar-refractivity contribution in [2.24, 2.45) is 0 Å². The van der Waals surface area contributed by atoms with E-state index < -0.39 is 23.6 Å². The predicted molar refractivity (Wildman–Crippen MR) is 88.9 cm³/mol. The molecule has 0 spiro atoms. The number of amides is 2. The number of carbonyl (C=O) groups excluding carboxylic acids is 3. The van der Waals surface area contributed by atoms with Crippen molar-refractivity contribution in [3.63, 3.8) is 0 Å². The second kappa shape index (κ2) is 5.49. The summed E-state index contributed by atoms with van der Waals surface area (Å²) in [7, 11) is 0. The van der Waals surface area contributed by atoms with E-state index in [0.717, 1.165) is 16.7 Å². The summed E-state index contributed by atoms with van der Waals surface area (Å²) in [6.45, 7) is 1.70. The van der Waals surface area contributed by atoms with Crippen molar-refractivity contribution < 1.29 is 23.6 Å². The van der Waals surface area contributed by atoms with E-state index in [2.05, 4.69) is 0 Å². The van der Waals surface area contributed by atoms with E-state index >= 15 is 0 Å². The number of hydrogen-bond acceptors (Lipinski definition) is 5. The van der Waals surface area contributed by atoms with Crippen LogP contribution in [0.5, 0.6) is 0 Å². The van der Waals surface area contributed by atoms with E-state index in [9.17, 15) is 18.8 Å². The standard InChI is InChI=1S/C18H10FNO4S/c1-9-11-7-6-10(19)8-14(11)25-15(9)18(23)24-20-16(21)12-4-2-3-5-13(12)17(20)22/h2-8H,1H3. The molecular formula is C18H10FNO4S. The second-order valence-corrected chi connectivity index (χ2v) is 6.58. The van der Waals surface area contributed by atoms with Gasteiger partial charge in [-0.3, -0.25) is 9.59 Å². The predicted octanol–water partition coefficient (Wildman–Crippen LogP) is 3.72. The quantitative estimate of drug-likeness (QED) is 0.657. The van der Waals surface area contributed by atoms with Gasteiger partial charge in [0.25, 0.3) is 11.8 Å². The Labute approximate surface area is 145 Å². The smallest absolute Gasteiger partial charge is 0.323 e. The van der Waals surface area contributed by atoms with E-state index in [-0.39, 0.29) is 16.0 Å². The molecule has 1 aliphatic heterocycles. The molecule has 4 rings (SSSR count). The number of hydroxylamine groups is 2. The summed E-state index contributed by atoms with van der Waals surface area (Å²) in [6.07, 6.45) is 0. The third kappa shape index (κ3) is 2.32. The van der Waals surface area contributed by atoms with Crippen molar-refractivity contribution in [1.82, 2.24) is 5.06 Å². The first-order chi connectivity index (χ1) is 12.0. The number of hydrogen-bond donors (Lipinski definition) is 0. The maximum Gasteiger partial charge on any atom is 0.374 e. The van der Waals surface area contributed by atoms with Crippen molar-refractivity contribution in [2.45, 2.75) is 6.92 Å². The molecule has 0 saturated carbocycles. The molecule has 0 fully saturated rings. The van der Waals surface area contributed by atoms with Gasteiger partial charge in [0.2, 0.25) is 0 Å². The van der Waals surface area contributed by atoms with Crippen LogP contribution in [0.2, 0.25) is 0 Å². The Morgan fingerprint density at radius 3 is 2.36 bits per heavy atom. The minimum atomic E-state index is -0.825. The monoisotopic (exact) mass is 355 g/mol. The number of aryl methyl sites for hydroxylation is 1. The van der Waals surface area contributed by atoms with E-state index in [1.165, 1.54) is 24.3 Å². The van der Waals surface area contributed by atoms with Gasteiger partial charge < -0.3 is 4.84 Å². The Balaban J connectivity index is 1.67. The lowest BCUT2D eigenvalue weighted by atomic mass is 10.1. The van der Waals surface area contributed by atoms with Crippen molar-refractivity contribution in [3.05, 3.63) is 69.8 Å². The topological polar surface area (TPSA) is 63.7 Å². The van der Waals surface area contributed by atoms with Crippen LogP contribution in [0.4, 0.5) is 4.39 Å². The van der Waals surface area contributed by atoms with Gasteiger partial charge in [0.05, 0.1) is 11.1 Å². The molecule has 1 aliphatic rings. The summed E-state index contributed by atoms with van der Waals surface area (Å²) >= 11 is 1.05. The zero-order valence-electron chi connectivity index (χ0n) is 12.9. The lowest BCUT2D eigenvalue weighted by molar-refractivity contribution is -0.0581. The molecule has 5 nitrogen and oxygen atoms in total. The largest absolute Gasteiger partial charge is 0.374 e. The Morgan fingerprint density at radius 2 is 1.72 bits per heavy atom. The number of halogens is 1. The molecule has 0 radical (unpaired) electrons. The van der Waals surface area contributed by atoms with Gasteiger partial charge in [0, 0.05) is 4.70 Å². The van der Waals surface area contributed by atoms with Gasteiger partial charge in [-0.05, 0) is 42.1 Å². The first-order valence-electron chi connectivity index (χ1n) is 7.36. The molecule has 2 amide bonds. The number of fused-ring (bicyclic) bond motifs is 2. The zero-order chi connectivity index (χ0) is 17.7. The van der Waals surface area contributed by atoms with Gasteiger partial charge in [-0.1, -0.05) is 23.3 Å². The van der Waals surface area contributed by atoms with Crippen molar-refractivity contribution in [3.8, 4) is 0 Å². The summed E-state index contributed by atoms with van der Waals surface area (Å²) in [5.41, 5.74) is 0.993. The highest BCUT2D eigenvalue weighted by atomic mass is 32.1. The third-order valence-electron chi connectivity index (χ3n) is 4.02. The number of imide groups is 1. The zero-order valence-corrected chi connectivity index (χ0v) is 13.7. The SMILES string of the molecule is Cc1c(C(=O)ON2C(=O)c3ccccc3C2=O)sc2cc(F)ccc12. The fraction of sp³-hybridized carbons (Fsp3) is 0.0556. The first-order valence-corrected chi connectivity index (χ1v) is 8.18. The molecule has 25 heavy (non-hydrogen) atoms. The first kappa shape index (κ1) is 15.5. The van der Waals surface area contributed by atoms with Crippen LogP contribution < -0.4 is 0 Å². The van der Waals surface area contributed by atoms with Gasteiger partial charge in [-0.15, -0.1) is 11.3 Å². The van der Waals surface area contributed by atoms with Gasteiger partial charge in [-0.2, -0.15) is 0 Å². The molecule has 0 unspecified atom stereocenters. The van der Waals surface area contributed by atoms with E-state index in [1.54, 1.807) is 25.1 Å². The molecular weight excluding hydrogens is 345 g/mol. The average molecular weight is 355 g/mol. The van der Waals surface area contributed by atoms with Gasteiger partial charge >= 0.3 is 5.97 Å². The molecule has 2 aromatic carbocycles. The number of thiophene rings is 1. The van der Waals surface area contributed by atoms with Crippen LogP contribution in [0.25, 0.3) is 10.1 Å². The van der Waals surface area contributed by atoms with Crippen LogP contribution in [-0.4, -0.2) is 22.8 Å². The van der Waals surface area contributed by atoms with Crippen LogP contribution in [0, 0.1) is 12.7 Å². The minimum absolute atomic E-state index is 0.190. The van der Waals surface area contributed by atoms with Gasteiger partial charge in [0.1, 0.15) is 10.7 Å². The Kier molecular flexibility index (Phi) is 3.40. The fourth-order valence-electron chi connectivity index (χ4n) is 2.77. The summed E-state index contributed by atoms with van der Waals surface area (Å²) < 4.78 is 13.9. The molecule has 0 aliphatic carbocycles. The summed E-state index contributed by atoms with van der Waals surface area (Å²) in [5.74, 6) is -2.60. The summed E-state index contributed by atoms with van der Waals surface area (Å²) in [4.78, 5) is 42.3. The molecule has 0 saturated heterocycles. The maximum atomic E-state index is 13.4. The van der Waals surface area contributed by atoms with Gasteiger partial charge in [0.15, 0.2) is 0 Å². The fourth-order valence-corrected chi connectivity index (χ4v) is 3.87. The number of rotatable bonds is 2. The minimum Gasteiger partial charge on any atom is -0.323 e. The Morgan fingerprint density at radius 1 is 1.08 bits per heavy atom. The highest BCUT2D eigenvalue weighted by Crippen LogP contribution is 2.32. The number of nitrogens with zero attached hydrogens (tertiary/aromatic N) is 1. The maximum absolute atomic E-state index is 13.4. The summed E-state index contributed by atoms with van der Waals surface area (Å²) in [5, 5.41) is 1.19. The normalized spacial score (nSPS) is 13.4. The second-order valence-electron chi connectivity index (χ2n) is 5.53. The lowest BCUT2D eigenvalue weighted by Gasteiger charge is -2.12. The number of benzene rings is 2. The molecule has 0 atom stereocenters. The van der Waals surface area contributed by atoms with Crippen LogP contribution in [0.3, 0.4) is 0 Å². The summed E-state index contributed by atoms with van der Waals surface area (Å²) in [6, 6.07) is 10.5. The van der Waals surface area contributed by atoms with Crippen LogP contribution in [0.1, 0.15) is 36.0 Å². The molecule has 1 aromatic heterocycles. The van der Waals surface area contributed by atoms with Gasteiger partial charge in [-0.25, -0.2) is 9.18 Å². The molecule has 7 heteroatoms. The van der Waals surface area contributed by atoms with Crippen molar-refractivity contribution >= 4 is 39.2 Å². The molecule has 3 aromatic rings. The molecule has 0 N–H and O–H groups in total. The van der Waals surface area contributed by atoms with Crippen LogP contribution in [0.15, 0.2) is 42.5 Å². The van der Waals surface area contributed by atoms with Crippen molar-refractivity contribution in [1.29, 1.82) is 0 Å². The average Bonchev–Trinajstić information content (AvgIpc) is 3.05. The molecule has 124 valence electrons. The molecule has 2 heterocycles. The lowest BCUT2D eigenvalue weighted by Crippen LogP contribution is -2.32. The molecule has 0 bridgehead atoms. The van der Waals surface area contributed by atoms with Crippen LogP contribution >= 0.6 is 11.3 Å². The Bertz CT molecular complexity index is 1040. The Hall–Kier alpha value is -3.06. The number of carbonyl (C=O) groups is 3. The van der Waals surface area contributed by atoms with E-state index in [1.807, 2.05) is 0 Å². The van der Waals surface area contributed by atoms with Crippen molar-refractivity contribution in [2.75, 3.05) is 0 Å². The third-order valence-corrected chi connectivity index (χ3v) is 5.25. The van der Waals surface area contributed by atoms with E-state index in [0.29, 0.717) is 15.3 Å².